The summed E-state index contributed by atoms with van der Waals surface area (Å²) in [6.07, 6.45) is 2.54. The van der Waals surface area contributed by atoms with Crippen molar-refractivity contribution >= 4 is 28.0 Å². The van der Waals surface area contributed by atoms with Gasteiger partial charge in [-0.2, -0.15) is 0 Å². The Labute approximate surface area is 123 Å². The molecule has 0 heterocycles. The number of hydrogen-bond acceptors (Lipinski definition) is 2. The molecular formula is C15H10BrFO3. The van der Waals surface area contributed by atoms with Gasteiger partial charge in [0.15, 0.2) is 0 Å². The molecule has 5 heteroatoms. The molecule has 2 aromatic carbocycles. The van der Waals surface area contributed by atoms with Gasteiger partial charge >= 0.3 is 5.97 Å². The van der Waals surface area contributed by atoms with Gasteiger partial charge in [-0.05, 0) is 48.0 Å². The fourth-order valence-corrected chi connectivity index (χ4v) is 2.00. The van der Waals surface area contributed by atoms with Crippen LogP contribution >= 0.6 is 15.9 Å². The van der Waals surface area contributed by atoms with E-state index < -0.39 is 5.97 Å². The standard InChI is InChI=1S/C15H10BrFO3/c16-14-9-13(5-1-10(14)2-8-15(18)19)20-12-6-3-11(17)4-7-12/h1-9H,(H,18,19)/b8-2+. The lowest BCUT2D eigenvalue weighted by atomic mass is 10.2. The molecule has 0 bridgehead atoms. The van der Waals surface area contributed by atoms with Crippen LogP contribution < -0.4 is 4.74 Å². The monoisotopic (exact) mass is 336 g/mol. The van der Waals surface area contributed by atoms with Crippen LogP contribution in [-0.2, 0) is 4.79 Å². The lowest BCUT2D eigenvalue weighted by Gasteiger charge is -2.07. The quantitative estimate of drug-likeness (QED) is 0.837. The Morgan fingerprint density at radius 3 is 2.40 bits per heavy atom. The second-order valence-electron chi connectivity index (χ2n) is 3.91. The third-order valence-electron chi connectivity index (χ3n) is 2.43. The highest BCUT2D eigenvalue weighted by Gasteiger charge is 2.02. The van der Waals surface area contributed by atoms with Crippen molar-refractivity contribution in [2.24, 2.45) is 0 Å². The summed E-state index contributed by atoms with van der Waals surface area (Å²) < 4.78 is 19.0. The Hall–Kier alpha value is -2.14. The molecule has 0 aliphatic heterocycles. The summed E-state index contributed by atoms with van der Waals surface area (Å²) in [5.74, 6) is -0.251. The average molecular weight is 337 g/mol. The molecular weight excluding hydrogens is 327 g/mol. The van der Waals surface area contributed by atoms with Crippen LogP contribution in [-0.4, -0.2) is 11.1 Å². The summed E-state index contributed by atoms with van der Waals surface area (Å²) in [7, 11) is 0. The molecule has 20 heavy (non-hydrogen) atoms. The summed E-state index contributed by atoms with van der Waals surface area (Å²) >= 11 is 3.34. The lowest BCUT2D eigenvalue weighted by molar-refractivity contribution is -0.131. The van der Waals surface area contributed by atoms with Crippen LogP contribution in [0.25, 0.3) is 6.08 Å². The maximum atomic E-state index is 12.8. The third-order valence-corrected chi connectivity index (χ3v) is 3.11. The molecule has 2 rings (SSSR count). The van der Waals surface area contributed by atoms with E-state index in [1.807, 2.05) is 0 Å². The minimum absolute atomic E-state index is 0.326. The van der Waals surface area contributed by atoms with E-state index in [0.717, 1.165) is 11.6 Å². The van der Waals surface area contributed by atoms with Crippen molar-refractivity contribution in [2.75, 3.05) is 0 Å². The molecule has 3 nitrogen and oxygen atoms in total. The highest BCUT2D eigenvalue weighted by molar-refractivity contribution is 9.10. The summed E-state index contributed by atoms with van der Waals surface area (Å²) in [5, 5.41) is 8.58. The van der Waals surface area contributed by atoms with Gasteiger partial charge in [-0.3, -0.25) is 0 Å². The largest absolute Gasteiger partial charge is 0.478 e. The van der Waals surface area contributed by atoms with Crippen LogP contribution in [0, 0.1) is 5.82 Å². The second kappa shape index (κ2) is 6.34. The first-order valence-corrected chi connectivity index (χ1v) is 6.48. The van der Waals surface area contributed by atoms with Crippen LogP contribution in [0.2, 0.25) is 0 Å². The normalized spacial score (nSPS) is 10.7. The van der Waals surface area contributed by atoms with Crippen molar-refractivity contribution in [3.63, 3.8) is 0 Å². The van der Waals surface area contributed by atoms with Gasteiger partial charge in [0.1, 0.15) is 17.3 Å². The molecule has 0 radical (unpaired) electrons. The van der Waals surface area contributed by atoms with Crippen molar-refractivity contribution in [3.05, 3.63) is 64.4 Å². The van der Waals surface area contributed by atoms with Gasteiger partial charge in [0.25, 0.3) is 0 Å². The molecule has 0 unspecified atom stereocenters. The summed E-state index contributed by atoms with van der Waals surface area (Å²) in [6, 6.07) is 10.8. The maximum absolute atomic E-state index is 12.8. The van der Waals surface area contributed by atoms with Gasteiger partial charge in [0.05, 0.1) is 0 Å². The zero-order valence-corrected chi connectivity index (χ0v) is 11.8. The number of benzene rings is 2. The van der Waals surface area contributed by atoms with E-state index in [0.29, 0.717) is 16.0 Å². The van der Waals surface area contributed by atoms with Crippen molar-refractivity contribution in [1.29, 1.82) is 0 Å². The molecule has 0 saturated carbocycles. The van der Waals surface area contributed by atoms with E-state index in [1.165, 1.54) is 30.3 Å². The van der Waals surface area contributed by atoms with E-state index >= 15 is 0 Å². The van der Waals surface area contributed by atoms with Crippen LogP contribution in [0.3, 0.4) is 0 Å². The van der Waals surface area contributed by atoms with Gasteiger partial charge in [-0.15, -0.1) is 0 Å². The Balaban J connectivity index is 2.16. The topological polar surface area (TPSA) is 46.5 Å². The molecule has 0 atom stereocenters. The molecule has 0 aliphatic carbocycles. The Morgan fingerprint density at radius 1 is 1.15 bits per heavy atom. The molecule has 0 aromatic heterocycles. The predicted octanol–water partition coefficient (Wildman–Crippen LogP) is 4.48. The summed E-state index contributed by atoms with van der Waals surface area (Å²) in [4.78, 5) is 10.5. The maximum Gasteiger partial charge on any atom is 0.328 e. The van der Waals surface area contributed by atoms with Crippen LogP contribution in [0.15, 0.2) is 53.0 Å². The zero-order valence-electron chi connectivity index (χ0n) is 10.2. The lowest BCUT2D eigenvalue weighted by Crippen LogP contribution is -1.88. The van der Waals surface area contributed by atoms with E-state index in [2.05, 4.69) is 15.9 Å². The minimum atomic E-state index is -1.01. The number of hydrogen-bond donors (Lipinski definition) is 1. The molecule has 0 saturated heterocycles. The highest BCUT2D eigenvalue weighted by atomic mass is 79.9. The number of aliphatic carboxylic acids is 1. The number of carbonyl (C=O) groups is 1. The average Bonchev–Trinajstić information content (AvgIpc) is 2.40. The highest BCUT2D eigenvalue weighted by Crippen LogP contribution is 2.27. The first-order valence-electron chi connectivity index (χ1n) is 5.68. The van der Waals surface area contributed by atoms with Gasteiger partial charge in [-0.25, -0.2) is 9.18 Å². The first kappa shape index (κ1) is 14.3. The van der Waals surface area contributed by atoms with Crippen molar-refractivity contribution in [2.45, 2.75) is 0 Å². The predicted molar refractivity (Wildman–Crippen MR) is 77.3 cm³/mol. The molecule has 0 aliphatic rings. The summed E-state index contributed by atoms with van der Waals surface area (Å²) in [6.45, 7) is 0. The van der Waals surface area contributed by atoms with Crippen LogP contribution in [0.4, 0.5) is 4.39 Å². The van der Waals surface area contributed by atoms with Crippen LogP contribution in [0.5, 0.6) is 11.5 Å². The molecule has 1 N–H and O–H groups in total. The molecule has 0 fully saturated rings. The fourth-order valence-electron chi connectivity index (χ4n) is 1.51. The zero-order chi connectivity index (χ0) is 14.5. The first-order chi connectivity index (χ1) is 9.54. The SMILES string of the molecule is O=C(O)/C=C/c1ccc(Oc2ccc(F)cc2)cc1Br. The molecule has 0 amide bonds. The van der Waals surface area contributed by atoms with Gasteiger partial charge < -0.3 is 9.84 Å². The Morgan fingerprint density at radius 2 is 1.80 bits per heavy atom. The van der Waals surface area contributed by atoms with Crippen molar-refractivity contribution in [3.8, 4) is 11.5 Å². The van der Waals surface area contributed by atoms with E-state index in [-0.39, 0.29) is 5.82 Å². The van der Waals surface area contributed by atoms with Crippen molar-refractivity contribution in [1.82, 2.24) is 0 Å². The Kier molecular flexibility index (Phi) is 4.53. The minimum Gasteiger partial charge on any atom is -0.478 e. The smallest absolute Gasteiger partial charge is 0.328 e. The number of rotatable bonds is 4. The van der Waals surface area contributed by atoms with Crippen molar-refractivity contribution < 1.29 is 19.0 Å². The number of halogens is 2. The van der Waals surface area contributed by atoms with E-state index in [4.69, 9.17) is 9.84 Å². The second-order valence-corrected chi connectivity index (χ2v) is 4.77. The molecule has 2 aromatic rings. The number of carboxylic acid groups (broad SMARTS) is 1. The Bertz CT molecular complexity index is 651. The summed E-state index contributed by atoms with van der Waals surface area (Å²) in [5.41, 5.74) is 0.721. The number of carboxylic acids is 1. The third kappa shape index (κ3) is 3.93. The van der Waals surface area contributed by atoms with E-state index in [9.17, 15) is 9.18 Å². The molecule has 0 spiro atoms. The van der Waals surface area contributed by atoms with Gasteiger partial charge in [-0.1, -0.05) is 22.0 Å². The number of ether oxygens (including phenoxy) is 1. The molecule has 102 valence electrons. The van der Waals surface area contributed by atoms with Crippen LogP contribution in [0.1, 0.15) is 5.56 Å². The van der Waals surface area contributed by atoms with E-state index in [1.54, 1.807) is 18.2 Å². The van der Waals surface area contributed by atoms with Gasteiger partial charge in [0.2, 0.25) is 0 Å². The van der Waals surface area contributed by atoms with Gasteiger partial charge in [0, 0.05) is 10.5 Å². The fraction of sp³-hybridized carbons (Fsp3) is 0.